The fourth-order valence-electron chi connectivity index (χ4n) is 3.34. The Bertz CT molecular complexity index is 651. The van der Waals surface area contributed by atoms with Crippen LogP contribution < -0.4 is 0 Å². The van der Waals surface area contributed by atoms with Gasteiger partial charge >= 0.3 is 6.18 Å². The molecule has 0 aromatic heterocycles. The number of aliphatic hydroxyl groups excluding tert-OH is 1. The van der Waals surface area contributed by atoms with Crippen molar-refractivity contribution >= 4 is 10.0 Å². The van der Waals surface area contributed by atoms with Crippen LogP contribution in [0, 0.1) is 11.8 Å². The van der Waals surface area contributed by atoms with Gasteiger partial charge in [-0.25, -0.2) is 12.7 Å². The van der Waals surface area contributed by atoms with Gasteiger partial charge in [0.25, 0.3) is 0 Å². The average molecular weight is 379 g/mol. The molecule has 1 aliphatic rings. The molecular weight excluding hydrogens is 355 g/mol. The third kappa shape index (κ3) is 5.18. The summed E-state index contributed by atoms with van der Waals surface area (Å²) in [5, 5.41) is 8.97. The molecule has 1 saturated carbocycles. The molecular formula is C17H24F3NO3S. The van der Waals surface area contributed by atoms with E-state index in [0.29, 0.717) is 12.5 Å². The zero-order valence-corrected chi connectivity index (χ0v) is 15.0. The largest absolute Gasteiger partial charge is 0.416 e. The highest BCUT2D eigenvalue weighted by molar-refractivity contribution is 7.89. The first-order valence-corrected chi connectivity index (χ1v) is 9.83. The van der Waals surface area contributed by atoms with Crippen molar-refractivity contribution in [1.82, 2.24) is 4.31 Å². The summed E-state index contributed by atoms with van der Waals surface area (Å²) < 4.78 is 64.1. The normalized spacial score (nSPS) is 22.3. The summed E-state index contributed by atoms with van der Waals surface area (Å²) in [6.45, 7) is 0.534. The van der Waals surface area contributed by atoms with Crippen molar-refractivity contribution in [1.29, 1.82) is 0 Å². The van der Waals surface area contributed by atoms with Gasteiger partial charge in [-0.2, -0.15) is 13.2 Å². The topological polar surface area (TPSA) is 57.6 Å². The molecule has 1 aromatic rings. The van der Waals surface area contributed by atoms with E-state index in [0.717, 1.165) is 56.4 Å². The summed E-state index contributed by atoms with van der Waals surface area (Å²) in [7, 11) is -2.33. The zero-order chi connectivity index (χ0) is 18.7. The van der Waals surface area contributed by atoms with Crippen LogP contribution in [0.4, 0.5) is 13.2 Å². The Hall–Kier alpha value is -1.12. The predicted molar refractivity (Wildman–Crippen MR) is 88.4 cm³/mol. The van der Waals surface area contributed by atoms with Crippen molar-refractivity contribution in [3.8, 4) is 0 Å². The molecule has 0 aliphatic heterocycles. The number of aliphatic hydroxyl groups is 1. The van der Waals surface area contributed by atoms with E-state index < -0.39 is 21.8 Å². The predicted octanol–water partition coefficient (Wildman–Crippen LogP) is 3.51. The molecule has 0 bridgehead atoms. The number of benzene rings is 1. The summed E-state index contributed by atoms with van der Waals surface area (Å²) in [6, 6.07) is 3.60. The minimum absolute atomic E-state index is 0.128. The number of nitrogens with zero attached hydrogens (tertiary/aromatic N) is 1. The SMILES string of the molecule is CN(C[C@H]1CC[C@H](CCO)CC1)S(=O)(=O)c1ccc(C(F)(F)F)cc1. The summed E-state index contributed by atoms with van der Waals surface area (Å²) in [5.74, 6) is 0.738. The molecule has 2 rings (SSSR count). The number of hydrogen-bond donors (Lipinski definition) is 1. The maximum absolute atomic E-state index is 12.6. The van der Waals surface area contributed by atoms with Crippen LogP contribution >= 0.6 is 0 Å². The van der Waals surface area contributed by atoms with Crippen molar-refractivity contribution in [2.24, 2.45) is 11.8 Å². The van der Waals surface area contributed by atoms with E-state index in [4.69, 9.17) is 5.11 Å². The molecule has 1 fully saturated rings. The highest BCUT2D eigenvalue weighted by Gasteiger charge is 2.31. The quantitative estimate of drug-likeness (QED) is 0.823. The van der Waals surface area contributed by atoms with E-state index in [1.165, 1.54) is 11.4 Å². The van der Waals surface area contributed by atoms with Gasteiger partial charge in [0.05, 0.1) is 10.5 Å². The number of rotatable bonds is 6. The highest BCUT2D eigenvalue weighted by Crippen LogP contribution is 2.33. The molecule has 0 heterocycles. The Labute approximate surface area is 146 Å². The van der Waals surface area contributed by atoms with Crippen LogP contribution in [0.5, 0.6) is 0 Å². The second-order valence-electron chi connectivity index (χ2n) is 6.71. The second kappa shape index (κ2) is 8.05. The molecule has 0 unspecified atom stereocenters. The second-order valence-corrected chi connectivity index (χ2v) is 8.75. The molecule has 0 atom stereocenters. The fraction of sp³-hybridized carbons (Fsp3) is 0.647. The number of sulfonamides is 1. The van der Waals surface area contributed by atoms with Crippen LogP contribution in [0.25, 0.3) is 0 Å². The molecule has 8 heteroatoms. The Morgan fingerprint density at radius 3 is 2.08 bits per heavy atom. The van der Waals surface area contributed by atoms with Gasteiger partial charge in [0, 0.05) is 20.2 Å². The lowest BCUT2D eigenvalue weighted by molar-refractivity contribution is -0.137. The third-order valence-electron chi connectivity index (χ3n) is 4.91. The van der Waals surface area contributed by atoms with Crippen LogP contribution in [0.3, 0.4) is 0 Å². The van der Waals surface area contributed by atoms with Gasteiger partial charge in [0.2, 0.25) is 10.0 Å². The molecule has 0 radical (unpaired) electrons. The van der Waals surface area contributed by atoms with Gasteiger partial charge < -0.3 is 5.11 Å². The molecule has 4 nitrogen and oxygen atoms in total. The zero-order valence-electron chi connectivity index (χ0n) is 14.2. The fourth-order valence-corrected chi connectivity index (χ4v) is 4.59. The molecule has 142 valence electrons. The minimum atomic E-state index is -4.48. The maximum atomic E-state index is 12.6. The van der Waals surface area contributed by atoms with E-state index >= 15 is 0 Å². The highest BCUT2D eigenvalue weighted by atomic mass is 32.2. The standard InChI is InChI=1S/C17H24F3NO3S/c1-21(12-14-4-2-13(3-5-14)10-11-22)25(23,24)16-8-6-15(7-9-16)17(18,19)20/h6-9,13-14,22H,2-5,10-12H2,1H3/t13-,14-. The summed E-state index contributed by atoms with van der Waals surface area (Å²) in [6.07, 6.45) is 0.0433. The van der Waals surface area contributed by atoms with E-state index in [9.17, 15) is 21.6 Å². The van der Waals surface area contributed by atoms with E-state index in [1.807, 2.05) is 0 Å². The van der Waals surface area contributed by atoms with Crippen LogP contribution in [-0.4, -0.2) is 38.0 Å². The lowest BCUT2D eigenvalue weighted by Gasteiger charge is -2.30. The van der Waals surface area contributed by atoms with Crippen molar-refractivity contribution in [3.05, 3.63) is 29.8 Å². The number of hydrogen-bond acceptors (Lipinski definition) is 3. The van der Waals surface area contributed by atoms with Gasteiger partial charge in [-0.05, 0) is 55.4 Å². The molecule has 1 aliphatic carbocycles. The first-order chi connectivity index (χ1) is 11.6. The summed E-state index contributed by atoms with van der Waals surface area (Å²) >= 11 is 0. The number of alkyl halides is 3. The molecule has 1 N–H and O–H groups in total. The van der Waals surface area contributed by atoms with E-state index in [-0.39, 0.29) is 17.4 Å². The Kier molecular flexibility index (Phi) is 6.51. The van der Waals surface area contributed by atoms with Crippen LogP contribution in [0.2, 0.25) is 0 Å². The van der Waals surface area contributed by atoms with Crippen LogP contribution in [0.1, 0.15) is 37.7 Å². The van der Waals surface area contributed by atoms with Crippen LogP contribution in [0.15, 0.2) is 29.2 Å². The maximum Gasteiger partial charge on any atom is 0.416 e. The van der Waals surface area contributed by atoms with Gasteiger partial charge in [-0.1, -0.05) is 12.8 Å². The molecule has 0 amide bonds. The Morgan fingerprint density at radius 1 is 1.08 bits per heavy atom. The van der Waals surface area contributed by atoms with E-state index in [2.05, 4.69) is 0 Å². The van der Waals surface area contributed by atoms with Crippen molar-refractivity contribution < 1.29 is 26.7 Å². The van der Waals surface area contributed by atoms with Gasteiger partial charge in [0.1, 0.15) is 0 Å². The molecule has 0 saturated heterocycles. The van der Waals surface area contributed by atoms with Crippen molar-refractivity contribution in [2.75, 3.05) is 20.2 Å². The molecule has 25 heavy (non-hydrogen) atoms. The lowest BCUT2D eigenvalue weighted by Crippen LogP contribution is -2.33. The average Bonchev–Trinajstić information content (AvgIpc) is 2.56. The molecule has 0 spiro atoms. The van der Waals surface area contributed by atoms with Gasteiger partial charge in [-0.15, -0.1) is 0 Å². The van der Waals surface area contributed by atoms with Crippen LogP contribution in [-0.2, 0) is 16.2 Å². The first kappa shape index (κ1) is 20.2. The van der Waals surface area contributed by atoms with Gasteiger partial charge in [-0.3, -0.25) is 0 Å². The monoisotopic (exact) mass is 379 g/mol. The number of halogens is 3. The first-order valence-electron chi connectivity index (χ1n) is 8.39. The molecule has 1 aromatic carbocycles. The van der Waals surface area contributed by atoms with E-state index in [1.54, 1.807) is 0 Å². The minimum Gasteiger partial charge on any atom is -0.396 e. The third-order valence-corrected chi connectivity index (χ3v) is 6.75. The van der Waals surface area contributed by atoms with Crippen molar-refractivity contribution in [3.63, 3.8) is 0 Å². The Balaban J connectivity index is 1.99. The lowest BCUT2D eigenvalue weighted by atomic mass is 9.81. The summed E-state index contributed by atoms with van der Waals surface area (Å²) in [5.41, 5.74) is -0.865. The Morgan fingerprint density at radius 2 is 1.60 bits per heavy atom. The summed E-state index contributed by atoms with van der Waals surface area (Å²) in [4.78, 5) is -0.128. The van der Waals surface area contributed by atoms with Gasteiger partial charge in [0.15, 0.2) is 0 Å². The smallest absolute Gasteiger partial charge is 0.396 e. The van der Waals surface area contributed by atoms with Crippen molar-refractivity contribution in [2.45, 2.75) is 43.2 Å².